The van der Waals surface area contributed by atoms with E-state index in [0.29, 0.717) is 6.61 Å². The standard InChI is InChI=1S/C7H11NO2/c1-8-3-2-6-7(8)5(9)4-10-6/h6-8H,1-4H2. The molecule has 56 valence electrons. The van der Waals surface area contributed by atoms with Crippen LogP contribution in [0.1, 0.15) is 6.42 Å². The minimum atomic E-state index is 0.0556. The number of hydrogen-bond donors (Lipinski definition) is 1. The summed E-state index contributed by atoms with van der Waals surface area (Å²) in [7, 11) is 3.85. The van der Waals surface area contributed by atoms with Crippen LogP contribution in [0, 0.1) is 7.05 Å². The van der Waals surface area contributed by atoms with E-state index in [4.69, 9.17) is 4.74 Å². The molecule has 3 nitrogen and oxygen atoms in total. The quantitative estimate of drug-likeness (QED) is 0.412. The van der Waals surface area contributed by atoms with Crippen LogP contribution in [0.15, 0.2) is 0 Å². The molecule has 3 unspecified atom stereocenters. The van der Waals surface area contributed by atoms with Gasteiger partial charge in [0, 0.05) is 6.42 Å². The first-order chi connectivity index (χ1) is 4.79. The van der Waals surface area contributed by atoms with Crippen LogP contribution < -0.4 is 4.90 Å². The SMILES string of the molecule is [CH2-][NH+]1CCC2OCC(=O)C21. The zero-order valence-electron chi connectivity index (χ0n) is 5.80. The summed E-state index contributed by atoms with van der Waals surface area (Å²) in [6, 6.07) is 0.0556. The molecule has 10 heavy (non-hydrogen) atoms. The molecule has 0 aliphatic carbocycles. The van der Waals surface area contributed by atoms with Gasteiger partial charge in [0.25, 0.3) is 0 Å². The first-order valence-corrected chi connectivity index (χ1v) is 3.61. The van der Waals surface area contributed by atoms with Gasteiger partial charge in [-0.15, -0.1) is 0 Å². The van der Waals surface area contributed by atoms with Crippen LogP contribution >= 0.6 is 0 Å². The van der Waals surface area contributed by atoms with E-state index in [1.807, 2.05) is 0 Å². The van der Waals surface area contributed by atoms with Crippen molar-refractivity contribution in [1.82, 2.24) is 0 Å². The first kappa shape index (κ1) is 6.31. The summed E-state index contributed by atoms with van der Waals surface area (Å²) in [5.41, 5.74) is 0. The highest BCUT2D eigenvalue weighted by atomic mass is 16.5. The van der Waals surface area contributed by atoms with Crippen LogP contribution in [0.4, 0.5) is 0 Å². The maximum Gasteiger partial charge on any atom is 0.215 e. The second-order valence-electron chi connectivity index (χ2n) is 2.99. The number of quaternary nitrogens is 1. The molecule has 3 atom stereocenters. The van der Waals surface area contributed by atoms with E-state index in [0.717, 1.165) is 17.9 Å². The van der Waals surface area contributed by atoms with Crippen molar-refractivity contribution >= 4 is 5.78 Å². The van der Waals surface area contributed by atoms with Crippen molar-refractivity contribution in [3.63, 3.8) is 0 Å². The number of hydrogen-bond acceptors (Lipinski definition) is 2. The molecular weight excluding hydrogens is 130 g/mol. The van der Waals surface area contributed by atoms with Crippen molar-refractivity contribution in [3.05, 3.63) is 7.05 Å². The van der Waals surface area contributed by atoms with E-state index < -0.39 is 0 Å². The van der Waals surface area contributed by atoms with Gasteiger partial charge in [0.15, 0.2) is 6.04 Å². The Hall–Kier alpha value is -0.410. The van der Waals surface area contributed by atoms with Crippen LogP contribution in [0.2, 0.25) is 0 Å². The molecule has 2 aliphatic rings. The van der Waals surface area contributed by atoms with E-state index in [1.54, 1.807) is 0 Å². The molecule has 0 spiro atoms. The van der Waals surface area contributed by atoms with Gasteiger partial charge in [-0.1, -0.05) is 0 Å². The summed E-state index contributed by atoms with van der Waals surface area (Å²) in [4.78, 5) is 12.2. The Morgan fingerprint density at radius 3 is 3.20 bits per heavy atom. The number of rotatable bonds is 0. The molecular formula is C7H11NO2. The van der Waals surface area contributed by atoms with Gasteiger partial charge in [-0.25, -0.2) is 0 Å². The highest BCUT2D eigenvalue weighted by molar-refractivity contribution is 5.86. The minimum absolute atomic E-state index is 0.0556. The second kappa shape index (κ2) is 2.04. The molecule has 2 saturated heterocycles. The van der Waals surface area contributed by atoms with Crippen molar-refractivity contribution in [1.29, 1.82) is 0 Å². The van der Waals surface area contributed by atoms with Crippen molar-refractivity contribution < 1.29 is 14.4 Å². The first-order valence-electron chi connectivity index (χ1n) is 3.61. The molecule has 2 rings (SSSR count). The Labute approximate surface area is 60.0 Å². The molecule has 1 N–H and O–H groups in total. The van der Waals surface area contributed by atoms with Gasteiger partial charge in [0.1, 0.15) is 12.7 Å². The Morgan fingerprint density at radius 1 is 1.70 bits per heavy atom. The Bertz CT molecular complexity index is 169. The van der Waals surface area contributed by atoms with Gasteiger partial charge >= 0.3 is 0 Å². The van der Waals surface area contributed by atoms with Crippen LogP contribution in [-0.4, -0.2) is 31.1 Å². The van der Waals surface area contributed by atoms with Gasteiger partial charge in [-0.05, 0) is 0 Å². The maximum absolute atomic E-state index is 11.1. The molecule has 0 aromatic heterocycles. The number of nitrogens with one attached hydrogen (secondary N) is 1. The number of ether oxygens (including phenoxy) is 1. The number of carbonyl (C=O) groups is 1. The maximum atomic E-state index is 11.1. The summed E-state index contributed by atoms with van der Waals surface area (Å²) < 4.78 is 5.25. The molecule has 0 bridgehead atoms. The summed E-state index contributed by atoms with van der Waals surface area (Å²) in [5.74, 6) is 0.229. The van der Waals surface area contributed by atoms with E-state index in [2.05, 4.69) is 7.05 Å². The third-order valence-corrected chi connectivity index (χ3v) is 2.35. The molecule has 0 aromatic rings. The van der Waals surface area contributed by atoms with Crippen molar-refractivity contribution in [3.8, 4) is 0 Å². The normalized spacial score (nSPS) is 46.1. The third kappa shape index (κ3) is 0.707. The average Bonchev–Trinajstić information content (AvgIpc) is 2.40. The molecule has 2 fully saturated rings. The molecule has 0 amide bonds. The zero-order chi connectivity index (χ0) is 7.14. The second-order valence-corrected chi connectivity index (χ2v) is 2.99. The minimum Gasteiger partial charge on any atom is -0.457 e. The number of likely N-dealkylation sites (tertiary alicyclic amines) is 1. The Balaban J connectivity index is 2.19. The Morgan fingerprint density at radius 2 is 2.50 bits per heavy atom. The van der Waals surface area contributed by atoms with Gasteiger partial charge < -0.3 is 9.64 Å². The predicted octanol–water partition coefficient (Wildman–Crippen LogP) is -1.60. The monoisotopic (exact) mass is 141 g/mol. The lowest BCUT2D eigenvalue weighted by atomic mass is 10.1. The average molecular weight is 141 g/mol. The molecule has 0 aromatic carbocycles. The van der Waals surface area contributed by atoms with E-state index in [9.17, 15) is 4.79 Å². The van der Waals surface area contributed by atoms with Gasteiger partial charge in [0.2, 0.25) is 5.78 Å². The van der Waals surface area contributed by atoms with Crippen LogP contribution in [0.25, 0.3) is 0 Å². The lowest BCUT2D eigenvalue weighted by Crippen LogP contribution is -3.10. The van der Waals surface area contributed by atoms with Crippen molar-refractivity contribution in [2.45, 2.75) is 18.6 Å². The number of carbonyl (C=O) groups excluding carboxylic acids is 1. The largest absolute Gasteiger partial charge is 0.457 e. The molecule has 2 heterocycles. The predicted molar refractivity (Wildman–Crippen MR) is 34.3 cm³/mol. The fraction of sp³-hybridized carbons (Fsp3) is 0.714. The topological polar surface area (TPSA) is 30.7 Å². The summed E-state index contributed by atoms with van der Waals surface area (Å²) in [6.45, 7) is 1.29. The number of ketones is 1. The van der Waals surface area contributed by atoms with E-state index >= 15 is 0 Å². The van der Waals surface area contributed by atoms with Crippen LogP contribution in [0.3, 0.4) is 0 Å². The van der Waals surface area contributed by atoms with Gasteiger partial charge in [-0.3, -0.25) is 4.79 Å². The fourth-order valence-electron chi connectivity index (χ4n) is 1.81. The van der Waals surface area contributed by atoms with Crippen molar-refractivity contribution in [2.24, 2.45) is 0 Å². The summed E-state index contributed by atoms with van der Waals surface area (Å²) in [5, 5.41) is 0. The number of Topliss-reactive ketones (excluding diaryl/α,β-unsaturated/α-hetero) is 1. The molecule has 0 saturated carbocycles. The lowest BCUT2D eigenvalue weighted by molar-refractivity contribution is -0.857. The van der Waals surface area contributed by atoms with E-state index in [-0.39, 0.29) is 17.9 Å². The molecule has 2 aliphatic heterocycles. The fourth-order valence-corrected chi connectivity index (χ4v) is 1.81. The third-order valence-electron chi connectivity index (χ3n) is 2.35. The van der Waals surface area contributed by atoms with Gasteiger partial charge in [-0.2, -0.15) is 7.05 Å². The van der Waals surface area contributed by atoms with Gasteiger partial charge in [0.05, 0.1) is 6.54 Å². The molecule has 0 radical (unpaired) electrons. The smallest absolute Gasteiger partial charge is 0.215 e. The lowest BCUT2D eigenvalue weighted by Gasteiger charge is -2.18. The van der Waals surface area contributed by atoms with Crippen LogP contribution in [0.5, 0.6) is 0 Å². The highest BCUT2D eigenvalue weighted by Gasteiger charge is 2.44. The highest BCUT2D eigenvalue weighted by Crippen LogP contribution is 2.14. The zero-order valence-corrected chi connectivity index (χ0v) is 5.80. The summed E-state index contributed by atoms with van der Waals surface area (Å²) >= 11 is 0. The Kier molecular flexibility index (Phi) is 1.28. The van der Waals surface area contributed by atoms with Crippen LogP contribution in [-0.2, 0) is 9.53 Å². The summed E-state index contributed by atoms with van der Waals surface area (Å²) in [6.07, 6.45) is 1.18. The molecule has 3 heteroatoms. The van der Waals surface area contributed by atoms with E-state index in [1.165, 1.54) is 0 Å². The van der Waals surface area contributed by atoms with Crippen molar-refractivity contribution in [2.75, 3.05) is 13.2 Å². The number of fused-ring (bicyclic) bond motifs is 1.